The van der Waals surface area contributed by atoms with Gasteiger partial charge >= 0.3 is 0 Å². The van der Waals surface area contributed by atoms with Gasteiger partial charge in [-0.2, -0.15) is 0 Å². The van der Waals surface area contributed by atoms with Crippen LogP contribution in [-0.4, -0.2) is 47.4 Å². The molecule has 4 nitrogen and oxygen atoms in total. The van der Waals surface area contributed by atoms with Crippen LogP contribution in [0.4, 0.5) is 0 Å². The first-order valence-electron chi connectivity index (χ1n) is 7.51. The van der Waals surface area contributed by atoms with Gasteiger partial charge in [-0.3, -0.25) is 9.69 Å². The molecule has 1 aromatic heterocycles. The topological polar surface area (TPSA) is 36.7 Å². The van der Waals surface area contributed by atoms with Crippen molar-refractivity contribution < 1.29 is 9.21 Å². The van der Waals surface area contributed by atoms with E-state index < -0.39 is 0 Å². The molecule has 2 saturated heterocycles. The molecule has 20 heavy (non-hydrogen) atoms. The quantitative estimate of drug-likeness (QED) is 0.860. The van der Waals surface area contributed by atoms with Gasteiger partial charge in [0, 0.05) is 18.6 Å². The lowest BCUT2D eigenvalue weighted by molar-refractivity contribution is 0.0619. The van der Waals surface area contributed by atoms with E-state index in [2.05, 4.69) is 11.8 Å². The van der Waals surface area contributed by atoms with E-state index in [1.54, 1.807) is 12.1 Å². The molecule has 2 aliphatic rings. The number of amides is 1. The van der Waals surface area contributed by atoms with Crippen molar-refractivity contribution in [2.75, 3.05) is 19.6 Å². The fraction of sp³-hybridized carbons (Fsp3) is 0.667. The zero-order valence-corrected chi connectivity index (χ0v) is 12.6. The summed E-state index contributed by atoms with van der Waals surface area (Å²) in [6.07, 6.45) is 4.62. The van der Waals surface area contributed by atoms with Crippen molar-refractivity contribution in [3.05, 3.63) is 23.1 Å². The molecule has 3 rings (SSSR count). The van der Waals surface area contributed by atoms with Gasteiger partial charge in [0.15, 0.2) is 11.0 Å². The molecule has 0 spiro atoms. The zero-order chi connectivity index (χ0) is 14.1. The number of carbonyl (C=O) groups excluding carboxylic acids is 1. The van der Waals surface area contributed by atoms with Crippen LogP contribution in [0.15, 0.2) is 16.5 Å². The first-order valence-corrected chi connectivity index (χ1v) is 7.89. The molecule has 0 aromatic carbocycles. The molecule has 0 bridgehead atoms. The zero-order valence-electron chi connectivity index (χ0n) is 11.8. The van der Waals surface area contributed by atoms with Gasteiger partial charge in [-0.05, 0) is 62.5 Å². The molecule has 5 heteroatoms. The van der Waals surface area contributed by atoms with Gasteiger partial charge in [0.2, 0.25) is 0 Å². The minimum absolute atomic E-state index is 0.0117. The summed E-state index contributed by atoms with van der Waals surface area (Å²) in [6, 6.07) is 4.14. The largest absolute Gasteiger partial charge is 0.440 e. The number of hydrogen-bond donors (Lipinski definition) is 0. The highest BCUT2D eigenvalue weighted by Gasteiger charge is 2.39. The van der Waals surface area contributed by atoms with Crippen LogP contribution in [0.2, 0.25) is 5.22 Å². The summed E-state index contributed by atoms with van der Waals surface area (Å²) in [4.78, 5) is 17.1. The van der Waals surface area contributed by atoms with E-state index in [4.69, 9.17) is 16.0 Å². The molecule has 3 heterocycles. The maximum atomic E-state index is 12.6. The second kappa shape index (κ2) is 5.78. The molecule has 2 aliphatic heterocycles. The van der Waals surface area contributed by atoms with E-state index in [0.29, 0.717) is 17.8 Å². The van der Waals surface area contributed by atoms with Crippen molar-refractivity contribution in [2.45, 2.75) is 44.7 Å². The average Bonchev–Trinajstić information content (AvgIpc) is 3.16. The van der Waals surface area contributed by atoms with E-state index in [0.717, 1.165) is 32.5 Å². The van der Waals surface area contributed by atoms with Crippen molar-refractivity contribution in [1.29, 1.82) is 0 Å². The maximum absolute atomic E-state index is 12.6. The third-order valence-corrected chi connectivity index (χ3v) is 4.81. The van der Waals surface area contributed by atoms with Crippen molar-refractivity contribution in [2.24, 2.45) is 0 Å². The van der Waals surface area contributed by atoms with Crippen LogP contribution in [-0.2, 0) is 0 Å². The van der Waals surface area contributed by atoms with E-state index in [9.17, 15) is 4.79 Å². The molecule has 0 radical (unpaired) electrons. The summed E-state index contributed by atoms with van der Waals surface area (Å²) >= 11 is 5.77. The Morgan fingerprint density at radius 2 is 2.05 bits per heavy atom. The summed E-state index contributed by atoms with van der Waals surface area (Å²) in [5.74, 6) is 0.352. The molecule has 0 unspecified atom stereocenters. The van der Waals surface area contributed by atoms with Crippen LogP contribution in [0.5, 0.6) is 0 Å². The van der Waals surface area contributed by atoms with Crippen molar-refractivity contribution in [3.63, 3.8) is 0 Å². The Morgan fingerprint density at radius 1 is 1.30 bits per heavy atom. The number of likely N-dealkylation sites (N-methyl/N-ethyl adjacent to an activating group) is 1. The smallest absolute Gasteiger partial charge is 0.289 e. The average molecular weight is 297 g/mol. The van der Waals surface area contributed by atoms with Crippen LogP contribution in [0, 0.1) is 0 Å². The first kappa shape index (κ1) is 14.0. The van der Waals surface area contributed by atoms with Crippen molar-refractivity contribution >= 4 is 17.5 Å². The van der Waals surface area contributed by atoms with E-state index in [1.165, 1.54) is 12.8 Å². The number of likely N-dealkylation sites (tertiary alicyclic amines) is 2. The lowest BCUT2D eigenvalue weighted by Gasteiger charge is -2.34. The van der Waals surface area contributed by atoms with Gasteiger partial charge in [-0.25, -0.2) is 0 Å². The van der Waals surface area contributed by atoms with Gasteiger partial charge in [0.05, 0.1) is 0 Å². The van der Waals surface area contributed by atoms with Crippen LogP contribution in [0.25, 0.3) is 0 Å². The first-order chi connectivity index (χ1) is 9.70. The molecule has 0 N–H and O–H groups in total. The van der Waals surface area contributed by atoms with E-state index >= 15 is 0 Å². The summed E-state index contributed by atoms with van der Waals surface area (Å²) in [5.41, 5.74) is 0. The third-order valence-electron chi connectivity index (χ3n) is 4.61. The molecule has 1 aromatic rings. The highest BCUT2D eigenvalue weighted by Crippen LogP contribution is 2.31. The second-order valence-electron chi connectivity index (χ2n) is 5.65. The van der Waals surface area contributed by atoms with Crippen LogP contribution in [0.1, 0.15) is 43.2 Å². The van der Waals surface area contributed by atoms with Crippen molar-refractivity contribution in [3.8, 4) is 0 Å². The Labute approximate surface area is 124 Å². The number of furan rings is 1. The van der Waals surface area contributed by atoms with E-state index in [1.807, 2.05) is 4.90 Å². The molecule has 0 saturated carbocycles. The standard InChI is InChI=1S/C15H21ClN2O2/c1-2-17-9-3-5-11(17)12-6-4-10-18(12)15(19)13-7-8-14(16)20-13/h7-8,11-12H,2-6,9-10H2,1H3/t11-,12-/m1/s1. The maximum Gasteiger partial charge on any atom is 0.289 e. The van der Waals surface area contributed by atoms with Crippen LogP contribution < -0.4 is 0 Å². The van der Waals surface area contributed by atoms with E-state index in [-0.39, 0.29) is 11.1 Å². The molecule has 2 atom stereocenters. The predicted molar refractivity (Wildman–Crippen MR) is 78.0 cm³/mol. The molecule has 110 valence electrons. The Morgan fingerprint density at radius 3 is 2.75 bits per heavy atom. The van der Waals surface area contributed by atoms with Gasteiger partial charge in [-0.15, -0.1) is 0 Å². The van der Waals surface area contributed by atoms with Gasteiger partial charge in [-0.1, -0.05) is 6.92 Å². The Balaban J connectivity index is 1.77. The number of hydrogen-bond acceptors (Lipinski definition) is 3. The lowest BCUT2D eigenvalue weighted by Crippen LogP contribution is -2.48. The number of halogens is 1. The summed E-state index contributed by atoms with van der Waals surface area (Å²) < 4.78 is 5.28. The minimum atomic E-state index is -0.0117. The molecule has 0 aliphatic carbocycles. The summed E-state index contributed by atoms with van der Waals surface area (Å²) in [6.45, 7) is 5.25. The SMILES string of the molecule is CCN1CCC[C@@H]1[C@H]1CCCN1C(=O)c1ccc(Cl)o1. The summed E-state index contributed by atoms with van der Waals surface area (Å²) in [7, 11) is 0. The molecule has 1 amide bonds. The Bertz CT molecular complexity index is 488. The number of rotatable bonds is 3. The third kappa shape index (κ3) is 2.47. The molecular weight excluding hydrogens is 276 g/mol. The highest BCUT2D eigenvalue weighted by atomic mass is 35.5. The van der Waals surface area contributed by atoms with Crippen LogP contribution >= 0.6 is 11.6 Å². The lowest BCUT2D eigenvalue weighted by atomic mass is 10.0. The highest BCUT2D eigenvalue weighted by molar-refractivity contribution is 6.29. The normalized spacial score (nSPS) is 27.4. The molecular formula is C15H21ClN2O2. The fourth-order valence-electron chi connectivity index (χ4n) is 3.70. The number of nitrogens with zero attached hydrogens (tertiary/aromatic N) is 2. The Hall–Kier alpha value is -1.00. The van der Waals surface area contributed by atoms with Gasteiger partial charge in [0.1, 0.15) is 0 Å². The number of carbonyl (C=O) groups is 1. The molecule has 2 fully saturated rings. The van der Waals surface area contributed by atoms with Gasteiger partial charge in [0.25, 0.3) is 5.91 Å². The monoisotopic (exact) mass is 296 g/mol. The summed E-state index contributed by atoms with van der Waals surface area (Å²) in [5, 5.41) is 0.278. The second-order valence-corrected chi connectivity index (χ2v) is 6.02. The Kier molecular flexibility index (Phi) is 4.03. The van der Waals surface area contributed by atoms with Crippen LogP contribution in [0.3, 0.4) is 0 Å². The minimum Gasteiger partial charge on any atom is -0.440 e. The predicted octanol–water partition coefficient (Wildman–Crippen LogP) is 3.02. The van der Waals surface area contributed by atoms with Crippen molar-refractivity contribution in [1.82, 2.24) is 9.80 Å². The fourth-order valence-corrected chi connectivity index (χ4v) is 3.84. The van der Waals surface area contributed by atoms with Gasteiger partial charge < -0.3 is 9.32 Å².